The van der Waals surface area contributed by atoms with Crippen molar-refractivity contribution in [1.29, 1.82) is 0 Å². The topological polar surface area (TPSA) is 41.5 Å². The zero-order chi connectivity index (χ0) is 9.03. The van der Waals surface area contributed by atoms with Gasteiger partial charge in [0.25, 0.3) is 0 Å². The van der Waals surface area contributed by atoms with Crippen molar-refractivity contribution in [3.05, 3.63) is 0 Å². The molecule has 0 spiro atoms. The number of rotatable bonds is 6. The second-order valence-electron chi connectivity index (χ2n) is 3.89. The summed E-state index contributed by atoms with van der Waals surface area (Å²) in [5.41, 5.74) is -0.612. The predicted octanol–water partition coefficient (Wildman–Crippen LogP) is 0.526. The minimum Gasteiger partial charge on any atom is -0.389 e. The molecule has 3 heteroatoms. The van der Waals surface area contributed by atoms with Gasteiger partial charge in [0.2, 0.25) is 0 Å². The normalized spacial score (nSPS) is 22.2. The zero-order valence-electron chi connectivity index (χ0n) is 7.97. The van der Waals surface area contributed by atoms with Crippen molar-refractivity contribution >= 4 is 0 Å². The van der Waals surface area contributed by atoms with Gasteiger partial charge in [0.05, 0.1) is 5.60 Å². The molecule has 0 amide bonds. The van der Waals surface area contributed by atoms with E-state index >= 15 is 0 Å². The molecule has 1 rings (SSSR count). The highest BCUT2D eigenvalue weighted by Crippen LogP contribution is 2.19. The number of methoxy groups -OCH3 is 1. The summed E-state index contributed by atoms with van der Waals surface area (Å²) in [6, 6.07) is 0.666. The van der Waals surface area contributed by atoms with Gasteiger partial charge >= 0.3 is 0 Å². The smallest absolute Gasteiger partial charge is 0.0765 e. The highest BCUT2D eigenvalue weighted by atomic mass is 16.5. The lowest BCUT2D eigenvalue weighted by Gasteiger charge is -2.23. The van der Waals surface area contributed by atoms with Gasteiger partial charge < -0.3 is 15.2 Å². The molecule has 0 aliphatic heterocycles. The van der Waals surface area contributed by atoms with E-state index in [0.717, 1.165) is 0 Å². The SMILES string of the molecule is COCCC(C)(O)CNC1CC1. The van der Waals surface area contributed by atoms with Crippen LogP contribution in [0.2, 0.25) is 0 Å². The predicted molar refractivity (Wildman–Crippen MR) is 48.1 cm³/mol. The van der Waals surface area contributed by atoms with Crippen LogP contribution in [0, 0.1) is 0 Å². The van der Waals surface area contributed by atoms with E-state index in [2.05, 4.69) is 5.32 Å². The van der Waals surface area contributed by atoms with E-state index in [4.69, 9.17) is 4.74 Å². The molecule has 0 bridgehead atoms. The molecule has 3 nitrogen and oxygen atoms in total. The zero-order valence-corrected chi connectivity index (χ0v) is 7.97. The van der Waals surface area contributed by atoms with Crippen LogP contribution in [0.3, 0.4) is 0 Å². The number of aliphatic hydroxyl groups is 1. The second-order valence-corrected chi connectivity index (χ2v) is 3.89. The van der Waals surface area contributed by atoms with Gasteiger partial charge in [-0.15, -0.1) is 0 Å². The summed E-state index contributed by atoms with van der Waals surface area (Å²) < 4.78 is 4.91. The van der Waals surface area contributed by atoms with Gasteiger partial charge in [-0.1, -0.05) is 0 Å². The molecule has 0 aromatic rings. The Balaban J connectivity index is 2.07. The van der Waals surface area contributed by atoms with Crippen molar-refractivity contribution in [1.82, 2.24) is 5.32 Å². The molecule has 1 saturated carbocycles. The summed E-state index contributed by atoms with van der Waals surface area (Å²) in [5.74, 6) is 0. The molecule has 0 aromatic carbocycles. The average molecular weight is 173 g/mol. The second kappa shape index (κ2) is 4.21. The monoisotopic (exact) mass is 173 g/mol. The number of nitrogens with one attached hydrogen (secondary N) is 1. The fourth-order valence-electron chi connectivity index (χ4n) is 1.06. The maximum Gasteiger partial charge on any atom is 0.0765 e. The molecule has 1 aliphatic carbocycles. The van der Waals surface area contributed by atoms with Crippen molar-refractivity contribution in [3.63, 3.8) is 0 Å². The van der Waals surface area contributed by atoms with Gasteiger partial charge in [0.1, 0.15) is 0 Å². The Bertz CT molecular complexity index is 132. The van der Waals surface area contributed by atoms with Crippen molar-refractivity contribution in [2.75, 3.05) is 20.3 Å². The largest absolute Gasteiger partial charge is 0.389 e. The molecule has 0 aromatic heterocycles. The Kier molecular flexibility index (Phi) is 3.50. The summed E-state index contributed by atoms with van der Waals surface area (Å²) >= 11 is 0. The standard InChI is InChI=1S/C9H19NO2/c1-9(11,5-6-12-2)7-10-8-3-4-8/h8,10-11H,3-7H2,1-2H3. The van der Waals surface area contributed by atoms with Crippen LogP contribution in [0.4, 0.5) is 0 Å². The molecular formula is C9H19NO2. The van der Waals surface area contributed by atoms with Crippen LogP contribution >= 0.6 is 0 Å². The van der Waals surface area contributed by atoms with E-state index in [9.17, 15) is 5.11 Å². The molecule has 1 atom stereocenters. The lowest BCUT2D eigenvalue weighted by atomic mass is 10.0. The lowest BCUT2D eigenvalue weighted by molar-refractivity contribution is 0.0247. The van der Waals surface area contributed by atoms with Gasteiger partial charge in [-0.3, -0.25) is 0 Å². The fourth-order valence-corrected chi connectivity index (χ4v) is 1.06. The minimum absolute atomic E-state index is 0.612. The molecule has 0 saturated heterocycles. The third-order valence-electron chi connectivity index (χ3n) is 2.19. The molecule has 12 heavy (non-hydrogen) atoms. The maximum absolute atomic E-state index is 9.78. The Morgan fingerprint density at radius 2 is 2.25 bits per heavy atom. The van der Waals surface area contributed by atoms with Crippen LogP contribution in [-0.4, -0.2) is 37.0 Å². The third kappa shape index (κ3) is 4.04. The number of hydrogen-bond acceptors (Lipinski definition) is 3. The van der Waals surface area contributed by atoms with Gasteiger partial charge in [0, 0.05) is 32.7 Å². The number of ether oxygens (including phenoxy) is 1. The first-order chi connectivity index (χ1) is 5.64. The van der Waals surface area contributed by atoms with Crippen molar-refractivity contribution in [3.8, 4) is 0 Å². The maximum atomic E-state index is 9.78. The molecule has 72 valence electrons. The van der Waals surface area contributed by atoms with E-state index in [1.807, 2.05) is 6.92 Å². The van der Waals surface area contributed by atoms with E-state index in [-0.39, 0.29) is 0 Å². The van der Waals surface area contributed by atoms with Crippen molar-refractivity contribution in [2.24, 2.45) is 0 Å². The molecule has 1 aliphatic rings. The first kappa shape index (κ1) is 9.96. The number of hydrogen-bond donors (Lipinski definition) is 2. The van der Waals surface area contributed by atoms with Gasteiger partial charge in [-0.25, -0.2) is 0 Å². The molecule has 0 radical (unpaired) electrons. The summed E-state index contributed by atoms with van der Waals surface area (Å²) in [7, 11) is 1.66. The molecule has 2 N–H and O–H groups in total. The van der Waals surface area contributed by atoms with Gasteiger partial charge in [-0.05, 0) is 19.8 Å². The minimum atomic E-state index is -0.612. The van der Waals surface area contributed by atoms with E-state index in [1.165, 1.54) is 12.8 Å². The van der Waals surface area contributed by atoms with Gasteiger partial charge in [-0.2, -0.15) is 0 Å². The molecule has 1 unspecified atom stereocenters. The van der Waals surface area contributed by atoms with Crippen LogP contribution in [0.1, 0.15) is 26.2 Å². The lowest BCUT2D eigenvalue weighted by Crippen LogP contribution is -2.39. The van der Waals surface area contributed by atoms with Crippen molar-refractivity contribution < 1.29 is 9.84 Å². The van der Waals surface area contributed by atoms with E-state index < -0.39 is 5.60 Å². The quantitative estimate of drug-likeness (QED) is 0.615. The summed E-state index contributed by atoms with van der Waals surface area (Å²) in [6.07, 6.45) is 3.23. The Labute approximate surface area is 74.1 Å². The first-order valence-corrected chi connectivity index (χ1v) is 4.59. The fraction of sp³-hybridized carbons (Fsp3) is 1.00. The Morgan fingerprint density at radius 1 is 1.58 bits per heavy atom. The molecular weight excluding hydrogens is 154 g/mol. The average Bonchev–Trinajstić information content (AvgIpc) is 2.81. The Hall–Kier alpha value is -0.120. The van der Waals surface area contributed by atoms with Crippen LogP contribution in [0.15, 0.2) is 0 Å². The van der Waals surface area contributed by atoms with Crippen LogP contribution in [0.25, 0.3) is 0 Å². The van der Waals surface area contributed by atoms with Gasteiger partial charge in [0.15, 0.2) is 0 Å². The summed E-state index contributed by atoms with van der Waals surface area (Å²) in [5, 5.41) is 13.1. The third-order valence-corrected chi connectivity index (χ3v) is 2.19. The highest BCUT2D eigenvalue weighted by molar-refractivity contribution is 4.85. The highest BCUT2D eigenvalue weighted by Gasteiger charge is 2.26. The van der Waals surface area contributed by atoms with Crippen LogP contribution < -0.4 is 5.32 Å². The molecule has 0 heterocycles. The van der Waals surface area contributed by atoms with Crippen LogP contribution in [0.5, 0.6) is 0 Å². The summed E-state index contributed by atoms with van der Waals surface area (Å²) in [4.78, 5) is 0. The van der Waals surface area contributed by atoms with Crippen LogP contribution in [-0.2, 0) is 4.74 Å². The first-order valence-electron chi connectivity index (χ1n) is 4.59. The molecule has 1 fully saturated rings. The van der Waals surface area contributed by atoms with Crippen molar-refractivity contribution in [2.45, 2.75) is 37.8 Å². The van der Waals surface area contributed by atoms with E-state index in [1.54, 1.807) is 7.11 Å². The Morgan fingerprint density at radius 3 is 2.75 bits per heavy atom. The van der Waals surface area contributed by atoms with E-state index in [0.29, 0.717) is 25.6 Å². The summed E-state index contributed by atoms with van der Waals surface area (Å²) in [6.45, 7) is 3.15.